The largest absolute Gasteiger partial charge is 0.383 e. The van der Waals surface area contributed by atoms with E-state index in [-0.39, 0.29) is 17.1 Å². The average molecular weight is 373 g/mol. The lowest BCUT2D eigenvalue weighted by molar-refractivity contribution is -0.118. The summed E-state index contributed by atoms with van der Waals surface area (Å²) in [6.07, 6.45) is 3.31. The number of Topliss-reactive ketones (excluding diaryl/α,β-unsaturated/α-hetero) is 1. The van der Waals surface area contributed by atoms with Crippen molar-refractivity contribution >= 4 is 40.5 Å². The van der Waals surface area contributed by atoms with Gasteiger partial charge in [0.15, 0.2) is 10.9 Å². The van der Waals surface area contributed by atoms with Gasteiger partial charge in [-0.1, -0.05) is 31.7 Å². The molecule has 0 saturated heterocycles. The number of carbonyl (C=O) groups excluding carboxylic acids is 1. The summed E-state index contributed by atoms with van der Waals surface area (Å²) in [6, 6.07) is 4.07. The summed E-state index contributed by atoms with van der Waals surface area (Å²) in [5, 5.41) is 6.08. The van der Waals surface area contributed by atoms with E-state index in [0.29, 0.717) is 17.4 Å². The monoisotopic (exact) mass is 372 g/mol. The van der Waals surface area contributed by atoms with Gasteiger partial charge in [-0.25, -0.2) is 9.97 Å². The summed E-state index contributed by atoms with van der Waals surface area (Å²) in [6.45, 7) is 4.27. The van der Waals surface area contributed by atoms with Crippen molar-refractivity contribution in [3.63, 3.8) is 0 Å². The van der Waals surface area contributed by atoms with Crippen LogP contribution in [0.3, 0.4) is 0 Å². The van der Waals surface area contributed by atoms with Crippen LogP contribution in [-0.2, 0) is 4.79 Å². The minimum absolute atomic E-state index is 0.0542. The zero-order valence-electron chi connectivity index (χ0n) is 14.4. The van der Waals surface area contributed by atoms with E-state index < -0.39 is 0 Å². The molecule has 0 fully saturated rings. The topological polar surface area (TPSA) is 80.9 Å². The van der Waals surface area contributed by atoms with Crippen LogP contribution in [0, 0.1) is 5.41 Å². The molecule has 1 unspecified atom stereocenters. The number of nitrogens with two attached hydrogens (primary N) is 1. The molecule has 0 spiro atoms. The van der Waals surface area contributed by atoms with Gasteiger partial charge in [0, 0.05) is 28.1 Å². The van der Waals surface area contributed by atoms with Gasteiger partial charge in [-0.3, -0.25) is 4.79 Å². The quantitative estimate of drug-likeness (QED) is 0.612. The molecular formula is C18H20N4OS2. The van der Waals surface area contributed by atoms with Crippen LogP contribution in [-0.4, -0.2) is 22.0 Å². The molecule has 0 aromatic carbocycles. The van der Waals surface area contributed by atoms with E-state index >= 15 is 0 Å². The fourth-order valence-electron chi connectivity index (χ4n) is 3.75. The number of hydrogen-bond acceptors (Lipinski definition) is 7. The molecule has 2 aliphatic rings. The molecule has 7 heteroatoms. The van der Waals surface area contributed by atoms with Crippen molar-refractivity contribution in [3.8, 4) is 0 Å². The molecule has 1 aliphatic carbocycles. The fraction of sp³-hybridized carbons (Fsp3) is 0.389. The molecule has 5 nitrogen and oxygen atoms in total. The van der Waals surface area contributed by atoms with Crippen LogP contribution < -0.4 is 11.1 Å². The van der Waals surface area contributed by atoms with Crippen molar-refractivity contribution in [2.75, 3.05) is 17.3 Å². The SMILES string of the molecule is CSc1nc(N)c2c(n1)NC1=C(C(=O)CC(C)(C)C1)C2c1cccs1. The zero-order chi connectivity index (χ0) is 17.8. The van der Waals surface area contributed by atoms with Gasteiger partial charge < -0.3 is 11.1 Å². The number of rotatable bonds is 2. The molecule has 0 saturated carbocycles. The Bertz CT molecular complexity index is 887. The maximum absolute atomic E-state index is 13.0. The molecule has 2 aromatic rings. The summed E-state index contributed by atoms with van der Waals surface area (Å²) in [5.41, 5.74) is 8.89. The number of thiophene rings is 1. The van der Waals surface area contributed by atoms with Crippen LogP contribution in [0.25, 0.3) is 0 Å². The van der Waals surface area contributed by atoms with Gasteiger partial charge in [0.2, 0.25) is 0 Å². The van der Waals surface area contributed by atoms with Crippen molar-refractivity contribution in [1.82, 2.24) is 9.97 Å². The lowest BCUT2D eigenvalue weighted by Crippen LogP contribution is -2.34. The van der Waals surface area contributed by atoms with E-state index in [4.69, 9.17) is 5.73 Å². The predicted molar refractivity (Wildman–Crippen MR) is 103 cm³/mol. The van der Waals surface area contributed by atoms with E-state index in [1.807, 2.05) is 17.7 Å². The molecule has 0 bridgehead atoms. The van der Waals surface area contributed by atoms with Crippen molar-refractivity contribution in [3.05, 3.63) is 39.2 Å². The Balaban J connectivity index is 1.96. The number of aromatic nitrogens is 2. The highest BCUT2D eigenvalue weighted by atomic mass is 32.2. The van der Waals surface area contributed by atoms with Gasteiger partial charge in [0.25, 0.3) is 0 Å². The Morgan fingerprint density at radius 1 is 1.36 bits per heavy atom. The number of allylic oxidation sites excluding steroid dienone is 2. The highest BCUT2D eigenvalue weighted by Gasteiger charge is 2.42. The normalized spacial score (nSPS) is 21.6. The highest BCUT2D eigenvalue weighted by Crippen LogP contribution is 2.50. The summed E-state index contributed by atoms with van der Waals surface area (Å²) in [4.78, 5) is 23.2. The second-order valence-electron chi connectivity index (χ2n) is 7.26. The number of hydrogen-bond donors (Lipinski definition) is 2. The molecule has 130 valence electrons. The minimum Gasteiger partial charge on any atom is -0.383 e. The molecule has 2 aromatic heterocycles. The first kappa shape index (κ1) is 16.6. The van der Waals surface area contributed by atoms with Crippen LogP contribution in [0.1, 0.15) is 43.0 Å². The summed E-state index contributed by atoms with van der Waals surface area (Å²) < 4.78 is 0. The molecule has 3 N–H and O–H groups in total. The molecule has 0 radical (unpaired) electrons. The van der Waals surface area contributed by atoms with Crippen molar-refractivity contribution in [2.24, 2.45) is 5.41 Å². The average Bonchev–Trinajstić information content (AvgIpc) is 3.05. The number of fused-ring (bicyclic) bond motifs is 1. The Labute approximate surface area is 155 Å². The van der Waals surface area contributed by atoms with Gasteiger partial charge >= 0.3 is 0 Å². The first-order chi connectivity index (χ1) is 11.9. The number of anilines is 2. The van der Waals surface area contributed by atoms with Crippen LogP contribution >= 0.6 is 23.1 Å². The van der Waals surface area contributed by atoms with E-state index in [1.165, 1.54) is 11.8 Å². The Morgan fingerprint density at radius 2 is 2.16 bits per heavy atom. The standard InChI is InChI=1S/C18H20N4OS2/c1-18(2)7-9-12(10(23)8-18)13(11-5-4-6-25-11)14-15(19)21-17(24-3)22-16(14)20-9/h4-6,13H,7-8H2,1-3H3,(H3,19,20,21,22). The van der Waals surface area contributed by atoms with E-state index in [0.717, 1.165) is 33.9 Å². The van der Waals surface area contributed by atoms with Crippen LogP contribution in [0.15, 0.2) is 33.9 Å². The molecular weight excluding hydrogens is 352 g/mol. The second-order valence-corrected chi connectivity index (χ2v) is 9.02. The van der Waals surface area contributed by atoms with Gasteiger partial charge in [0.05, 0.1) is 5.92 Å². The summed E-state index contributed by atoms with van der Waals surface area (Å²) >= 11 is 3.10. The third-order valence-electron chi connectivity index (χ3n) is 4.73. The number of ketones is 1. The highest BCUT2D eigenvalue weighted by molar-refractivity contribution is 7.98. The first-order valence-corrected chi connectivity index (χ1v) is 10.3. The molecule has 1 atom stereocenters. The number of thioether (sulfide) groups is 1. The summed E-state index contributed by atoms with van der Waals surface area (Å²) in [7, 11) is 0. The van der Waals surface area contributed by atoms with Crippen molar-refractivity contribution < 1.29 is 4.79 Å². The molecule has 4 rings (SSSR count). The Kier molecular flexibility index (Phi) is 3.88. The minimum atomic E-state index is -0.175. The van der Waals surface area contributed by atoms with E-state index in [2.05, 4.69) is 35.2 Å². The number of nitrogen functional groups attached to an aromatic ring is 1. The first-order valence-electron chi connectivity index (χ1n) is 8.18. The number of nitrogens with zero attached hydrogens (tertiary/aromatic N) is 2. The number of carbonyl (C=O) groups is 1. The third-order valence-corrected chi connectivity index (χ3v) is 6.22. The predicted octanol–water partition coefficient (Wildman–Crippen LogP) is 4.04. The Hall–Kier alpha value is -1.86. The van der Waals surface area contributed by atoms with Gasteiger partial charge in [-0.15, -0.1) is 11.3 Å². The van der Waals surface area contributed by atoms with E-state index in [9.17, 15) is 4.79 Å². The maximum atomic E-state index is 13.0. The maximum Gasteiger partial charge on any atom is 0.191 e. The second kappa shape index (κ2) is 5.85. The van der Waals surface area contributed by atoms with E-state index in [1.54, 1.807) is 11.3 Å². The van der Waals surface area contributed by atoms with Gasteiger partial charge in [0.1, 0.15) is 11.6 Å². The smallest absolute Gasteiger partial charge is 0.191 e. The third kappa shape index (κ3) is 2.75. The fourth-order valence-corrected chi connectivity index (χ4v) is 4.96. The molecule has 1 aliphatic heterocycles. The summed E-state index contributed by atoms with van der Waals surface area (Å²) in [5.74, 6) is 1.20. The lowest BCUT2D eigenvalue weighted by Gasteiger charge is -2.38. The van der Waals surface area contributed by atoms with Gasteiger partial charge in [-0.2, -0.15) is 0 Å². The van der Waals surface area contributed by atoms with Crippen LogP contribution in [0.2, 0.25) is 0 Å². The van der Waals surface area contributed by atoms with Crippen molar-refractivity contribution in [1.29, 1.82) is 0 Å². The zero-order valence-corrected chi connectivity index (χ0v) is 16.1. The van der Waals surface area contributed by atoms with Crippen LogP contribution in [0.5, 0.6) is 0 Å². The molecule has 3 heterocycles. The molecule has 0 amide bonds. The van der Waals surface area contributed by atoms with Gasteiger partial charge in [-0.05, 0) is 29.5 Å². The Morgan fingerprint density at radius 3 is 2.84 bits per heavy atom. The van der Waals surface area contributed by atoms with Crippen LogP contribution in [0.4, 0.5) is 11.6 Å². The lowest BCUT2D eigenvalue weighted by atomic mass is 9.70. The number of nitrogens with one attached hydrogen (secondary N) is 1. The van der Waals surface area contributed by atoms with Crippen molar-refractivity contribution in [2.45, 2.75) is 37.8 Å². The molecule has 25 heavy (non-hydrogen) atoms.